The topological polar surface area (TPSA) is 34.1 Å². The summed E-state index contributed by atoms with van der Waals surface area (Å²) >= 11 is 7.85. The van der Waals surface area contributed by atoms with Gasteiger partial charge in [-0.2, -0.15) is 0 Å². The summed E-state index contributed by atoms with van der Waals surface area (Å²) in [5, 5.41) is 5.29. The van der Waals surface area contributed by atoms with Gasteiger partial charge < -0.3 is 10.1 Å². The number of methoxy groups -OCH3 is 1. The normalized spacial score (nSPS) is 12.3. The molecule has 0 bridgehead atoms. The number of aryl methyl sites for hydroxylation is 3. The zero-order valence-electron chi connectivity index (χ0n) is 12.4. The van der Waals surface area contributed by atoms with Gasteiger partial charge in [-0.05, 0) is 39.3 Å². The van der Waals surface area contributed by atoms with Crippen LogP contribution >= 0.6 is 22.9 Å². The molecular weight excluding hydrogens is 292 g/mol. The van der Waals surface area contributed by atoms with Crippen molar-refractivity contribution in [2.75, 3.05) is 12.4 Å². The molecule has 1 N–H and O–H groups in total. The average Bonchev–Trinajstić information content (AvgIpc) is 2.72. The van der Waals surface area contributed by atoms with Gasteiger partial charge in [-0.1, -0.05) is 11.6 Å². The molecule has 1 atom stereocenters. The van der Waals surface area contributed by atoms with E-state index in [-0.39, 0.29) is 6.04 Å². The van der Waals surface area contributed by atoms with Crippen molar-refractivity contribution in [2.45, 2.75) is 33.7 Å². The number of rotatable bonds is 4. The van der Waals surface area contributed by atoms with Crippen molar-refractivity contribution in [2.24, 2.45) is 0 Å². The van der Waals surface area contributed by atoms with Gasteiger partial charge in [0.25, 0.3) is 0 Å². The summed E-state index contributed by atoms with van der Waals surface area (Å²) < 4.78 is 5.39. The molecule has 5 heteroatoms. The molecule has 1 unspecified atom stereocenters. The molecule has 2 rings (SSSR count). The zero-order chi connectivity index (χ0) is 14.9. The number of halogens is 1. The van der Waals surface area contributed by atoms with Crippen molar-refractivity contribution in [1.29, 1.82) is 0 Å². The van der Waals surface area contributed by atoms with Crippen molar-refractivity contribution in [1.82, 2.24) is 4.98 Å². The number of anilines is 1. The fraction of sp³-hybridized carbons (Fsp3) is 0.400. The summed E-state index contributed by atoms with van der Waals surface area (Å²) in [5.74, 6) is 0.756. The zero-order valence-corrected chi connectivity index (χ0v) is 13.9. The maximum absolute atomic E-state index is 6.13. The first-order valence-electron chi connectivity index (χ1n) is 6.47. The molecule has 0 amide bonds. The lowest BCUT2D eigenvalue weighted by Gasteiger charge is -2.18. The smallest absolute Gasteiger partial charge is 0.143 e. The highest BCUT2D eigenvalue weighted by atomic mass is 35.5. The van der Waals surface area contributed by atoms with Crippen LogP contribution in [0.1, 0.15) is 34.1 Å². The van der Waals surface area contributed by atoms with Crippen LogP contribution in [0.4, 0.5) is 5.69 Å². The third-order valence-corrected chi connectivity index (χ3v) is 4.85. The van der Waals surface area contributed by atoms with E-state index in [9.17, 15) is 0 Å². The molecule has 1 aromatic heterocycles. The molecule has 3 nitrogen and oxygen atoms in total. The van der Waals surface area contributed by atoms with E-state index in [0.29, 0.717) is 5.02 Å². The van der Waals surface area contributed by atoms with Gasteiger partial charge in [0, 0.05) is 16.0 Å². The van der Waals surface area contributed by atoms with Gasteiger partial charge in [0.15, 0.2) is 0 Å². The Labute approximate surface area is 129 Å². The molecule has 0 aliphatic heterocycles. The van der Waals surface area contributed by atoms with Crippen LogP contribution in [0.15, 0.2) is 12.1 Å². The number of hydrogen-bond acceptors (Lipinski definition) is 4. The Bertz CT molecular complexity index is 625. The summed E-state index contributed by atoms with van der Waals surface area (Å²) in [5.41, 5.74) is 3.06. The van der Waals surface area contributed by atoms with Gasteiger partial charge in [0.1, 0.15) is 5.75 Å². The van der Waals surface area contributed by atoms with Crippen molar-refractivity contribution in [3.8, 4) is 5.75 Å². The molecule has 108 valence electrons. The molecule has 2 aromatic rings. The predicted molar refractivity (Wildman–Crippen MR) is 86.4 cm³/mol. The Morgan fingerprint density at radius 2 is 2.00 bits per heavy atom. The maximum atomic E-state index is 6.13. The summed E-state index contributed by atoms with van der Waals surface area (Å²) in [4.78, 5) is 5.72. The second-order valence-electron chi connectivity index (χ2n) is 4.85. The quantitative estimate of drug-likeness (QED) is 0.871. The molecule has 0 saturated carbocycles. The van der Waals surface area contributed by atoms with E-state index < -0.39 is 0 Å². The lowest BCUT2D eigenvalue weighted by Crippen LogP contribution is -2.07. The molecule has 0 saturated heterocycles. The van der Waals surface area contributed by atoms with E-state index >= 15 is 0 Å². The highest BCUT2D eigenvalue weighted by Gasteiger charge is 2.15. The van der Waals surface area contributed by atoms with Gasteiger partial charge in [-0.3, -0.25) is 0 Å². The van der Waals surface area contributed by atoms with Gasteiger partial charge >= 0.3 is 0 Å². The first kappa shape index (κ1) is 15.1. The molecule has 20 heavy (non-hydrogen) atoms. The van der Waals surface area contributed by atoms with Crippen LogP contribution in [-0.4, -0.2) is 12.1 Å². The second-order valence-corrected chi connectivity index (χ2v) is 6.49. The van der Waals surface area contributed by atoms with Gasteiger partial charge in [0.05, 0.1) is 29.5 Å². The Hall–Kier alpha value is -1.26. The van der Waals surface area contributed by atoms with Crippen LogP contribution in [0.25, 0.3) is 0 Å². The van der Waals surface area contributed by atoms with Crippen molar-refractivity contribution >= 4 is 28.6 Å². The molecule has 0 aliphatic rings. The second kappa shape index (κ2) is 6.02. The summed E-state index contributed by atoms with van der Waals surface area (Å²) in [7, 11) is 1.65. The number of hydrogen-bond donors (Lipinski definition) is 1. The highest BCUT2D eigenvalue weighted by Crippen LogP contribution is 2.34. The monoisotopic (exact) mass is 310 g/mol. The fourth-order valence-electron chi connectivity index (χ4n) is 2.19. The van der Waals surface area contributed by atoms with E-state index in [4.69, 9.17) is 16.3 Å². The summed E-state index contributed by atoms with van der Waals surface area (Å²) in [6.45, 7) is 8.19. The maximum Gasteiger partial charge on any atom is 0.143 e. The minimum absolute atomic E-state index is 0.177. The van der Waals surface area contributed by atoms with Gasteiger partial charge in [-0.15, -0.1) is 11.3 Å². The molecule has 0 fully saturated rings. The van der Waals surface area contributed by atoms with Gasteiger partial charge in [0.2, 0.25) is 0 Å². The lowest BCUT2D eigenvalue weighted by atomic mass is 10.1. The minimum atomic E-state index is 0.177. The van der Waals surface area contributed by atoms with Crippen LogP contribution < -0.4 is 10.1 Å². The Morgan fingerprint density at radius 1 is 1.30 bits per heavy atom. The molecular formula is C15H19ClN2OS. The minimum Gasteiger partial charge on any atom is -0.495 e. The predicted octanol–water partition coefficient (Wildman–Crippen LogP) is 4.90. The molecule has 1 heterocycles. The Balaban J connectivity index is 2.29. The largest absolute Gasteiger partial charge is 0.495 e. The Kier molecular flexibility index (Phi) is 4.55. The molecule has 0 radical (unpaired) electrons. The van der Waals surface area contributed by atoms with Crippen molar-refractivity contribution < 1.29 is 4.74 Å². The van der Waals surface area contributed by atoms with E-state index in [0.717, 1.165) is 27.7 Å². The number of nitrogens with one attached hydrogen (secondary N) is 1. The highest BCUT2D eigenvalue weighted by molar-refractivity contribution is 7.11. The van der Waals surface area contributed by atoms with E-state index in [1.807, 2.05) is 32.9 Å². The lowest BCUT2D eigenvalue weighted by molar-refractivity contribution is 0.416. The fourth-order valence-corrected chi connectivity index (χ4v) is 3.28. The van der Waals surface area contributed by atoms with Crippen LogP contribution in [0.2, 0.25) is 5.02 Å². The first-order valence-corrected chi connectivity index (χ1v) is 7.66. The van der Waals surface area contributed by atoms with Gasteiger partial charge in [-0.25, -0.2) is 4.98 Å². The van der Waals surface area contributed by atoms with Crippen LogP contribution in [0.5, 0.6) is 5.75 Å². The first-order chi connectivity index (χ1) is 9.42. The Morgan fingerprint density at radius 3 is 2.55 bits per heavy atom. The van der Waals surface area contributed by atoms with E-state index in [1.165, 1.54) is 4.88 Å². The standard InChI is InChI=1S/C15H19ClN2OS/c1-8-6-13(14(19-5)7-12(8)16)18-10(3)15-9(2)17-11(4)20-15/h6-7,10,18H,1-5H3. The summed E-state index contributed by atoms with van der Waals surface area (Å²) in [6, 6.07) is 4.04. The van der Waals surface area contributed by atoms with Crippen LogP contribution in [-0.2, 0) is 0 Å². The summed E-state index contributed by atoms with van der Waals surface area (Å²) in [6.07, 6.45) is 0. The van der Waals surface area contributed by atoms with E-state index in [2.05, 4.69) is 17.2 Å². The molecule has 0 spiro atoms. The average molecular weight is 311 g/mol. The SMILES string of the molecule is COc1cc(Cl)c(C)cc1NC(C)c1sc(C)nc1C. The van der Waals surface area contributed by atoms with Crippen molar-refractivity contribution in [3.05, 3.63) is 38.3 Å². The number of aromatic nitrogens is 1. The molecule has 1 aromatic carbocycles. The van der Waals surface area contributed by atoms with Crippen LogP contribution in [0, 0.1) is 20.8 Å². The number of benzene rings is 1. The number of thiazole rings is 1. The number of ether oxygens (including phenoxy) is 1. The number of nitrogens with zero attached hydrogens (tertiary/aromatic N) is 1. The van der Waals surface area contributed by atoms with Crippen LogP contribution in [0.3, 0.4) is 0 Å². The molecule has 0 aliphatic carbocycles. The third kappa shape index (κ3) is 3.07. The van der Waals surface area contributed by atoms with Crippen molar-refractivity contribution in [3.63, 3.8) is 0 Å². The van der Waals surface area contributed by atoms with E-state index in [1.54, 1.807) is 18.4 Å². The third-order valence-electron chi connectivity index (χ3n) is 3.19.